The molecule has 156 valence electrons. The first kappa shape index (κ1) is 22.9. The van der Waals surface area contributed by atoms with Gasteiger partial charge in [-0.2, -0.15) is 0 Å². The number of guanidine groups is 1. The minimum atomic E-state index is 0. The van der Waals surface area contributed by atoms with Crippen LogP contribution in [0.25, 0.3) is 0 Å². The molecule has 2 aliphatic rings. The summed E-state index contributed by atoms with van der Waals surface area (Å²) >= 11 is 0. The number of carbonyl (C=O) groups is 1. The largest absolute Gasteiger partial charge is 0.356 e. The van der Waals surface area contributed by atoms with Gasteiger partial charge in [0.25, 0.3) is 5.91 Å². The highest BCUT2D eigenvalue weighted by molar-refractivity contribution is 14.0. The van der Waals surface area contributed by atoms with Crippen LogP contribution in [0.4, 0.5) is 0 Å². The van der Waals surface area contributed by atoms with Gasteiger partial charge in [0.05, 0.1) is 0 Å². The maximum Gasteiger partial charge on any atom is 0.253 e. The van der Waals surface area contributed by atoms with Gasteiger partial charge < -0.3 is 15.5 Å². The zero-order valence-electron chi connectivity index (χ0n) is 17.4. The van der Waals surface area contributed by atoms with Crippen LogP contribution in [0.1, 0.15) is 42.1 Å². The van der Waals surface area contributed by atoms with E-state index in [4.69, 9.17) is 0 Å². The lowest BCUT2D eigenvalue weighted by Gasteiger charge is -2.20. The van der Waals surface area contributed by atoms with Crippen molar-refractivity contribution in [1.29, 1.82) is 0 Å². The van der Waals surface area contributed by atoms with Crippen molar-refractivity contribution in [2.45, 2.75) is 50.7 Å². The smallest absolute Gasteiger partial charge is 0.253 e. The zero-order valence-corrected chi connectivity index (χ0v) is 19.8. The average Bonchev–Trinajstić information content (AvgIpc) is 3.43. The summed E-state index contributed by atoms with van der Waals surface area (Å²) in [6, 6.07) is 9.80. The molecule has 7 heteroatoms. The van der Waals surface area contributed by atoms with Crippen molar-refractivity contribution < 1.29 is 4.79 Å². The summed E-state index contributed by atoms with van der Waals surface area (Å²) < 4.78 is 0. The fourth-order valence-electron chi connectivity index (χ4n) is 3.91. The molecule has 1 aliphatic heterocycles. The molecule has 2 N–H and O–H groups in total. The Morgan fingerprint density at radius 1 is 1.32 bits per heavy atom. The van der Waals surface area contributed by atoms with Crippen LogP contribution in [-0.2, 0) is 6.42 Å². The molecule has 1 saturated carbocycles. The summed E-state index contributed by atoms with van der Waals surface area (Å²) in [6.45, 7) is 4.23. The number of hydrogen-bond acceptors (Lipinski definition) is 3. The van der Waals surface area contributed by atoms with E-state index >= 15 is 0 Å². The minimum Gasteiger partial charge on any atom is -0.356 e. The molecule has 1 aliphatic carbocycles. The average molecular weight is 499 g/mol. The Balaban J connectivity index is 0.00000280. The summed E-state index contributed by atoms with van der Waals surface area (Å²) in [5.41, 5.74) is 1.89. The topological polar surface area (TPSA) is 60.0 Å². The van der Waals surface area contributed by atoms with Crippen molar-refractivity contribution in [3.63, 3.8) is 0 Å². The van der Waals surface area contributed by atoms with Crippen LogP contribution in [-0.4, -0.2) is 74.0 Å². The van der Waals surface area contributed by atoms with Crippen LogP contribution in [0.15, 0.2) is 29.3 Å². The van der Waals surface area contributed by atoms with Crippen molar-refractivity contribution in [3.05, 3.63) is 35.4 Å². The third-order valence-electron chi connectivity index (χ3n) is 5.49. The number of benzene rings is 1. The number of nitrogens with zero attached hydrogens (tertiary/aromatic N) is 3. The van der Waals surface area contributed by atoms with Crippen LogP contribution in [0.5, 0.6) is 0 Å². The van der Waals surface area contributed by atoms with Crippen LogP contribution in [0, 0.1) is 0 Å². The van der Waals surface area contributed by atoms with Crippen molar-refractivity contribution >= 4 is 35.8 Å². The lowest BCUT2D eigenvalue weighted by atomic mass is 10.1. The highest BCUT2D eigenvalue weighted by Crippen LogP contribution is 2.33. The number of likely N-dealkylation sites (tertiary alicyclic amines) is 1. The fraction of sp³-hybridized carbons (Fsp3) is 0.619. The molecular formula is C21H34IN5O. The number of nitrogens with one attached hydrogen (secondary N) is 2. The molecule has 1 saturated heterocycles. The first-order chi connectivity index (χ1) is 13.0. The first-order valence-corrected chi connectivity index (χ1v) is 10.0. The Bertz CT molecular complexity index is 689. The molecule has 1 aromatic carbocycles. The maximum atomic E-state index is 12.1. The Labute approximate surface area is 186 Å². The lowest BCUT2D eigenvalue weighted by molar-refractivity contribution is 0.0827. The Morgan fingerprint density at radius 3 is 2.71 bits per heavy atom. The van der Waals surface area contributed by atoms with Crippen molar-refractivity contribution in [2.24, 2.45) is 4.99 Å². The zero-order chi connectivity index (χ0) is 19.4. The highest BCUT2D eigenvalue weighted by Gasteiger charge is 2.38. The summed E-state index contributed by atoms with van der Waals surface area (Å²) in [6.07, 6.45) is 4.75. The molecule has 1 amide bonds. The maximum absolute atomic E-state index is 12.1. The molecule has 0 spiro atoms. The molecule has 2 atom stereocenters. The number of hydrogen-bond donors (Lipinski definition) is 2. The van der Waals surface area contributed by atoms with E-state index in [1.165, 1.54) is 19.3 Å². The second-order valence-corrected chi connectivity index (χ2v) is 8.00. The molecule has 1 aromatic rings. The van der Waals surface area contributed by atoms with E-state index in [9.17, 15) is 4.79 Å². The quantitative estimate of drug-likeness (QED) is 0.359. The molecule has 0 bridgehead atoms. The summed E-state index contributed by atoms with van der Waals surface area (Å²) in [5, 5.41) is 6.99. The molecule has 3 rings (SSSR count). The fourth-order valence-corrected chi connectivity index (χ4v) is 3.91. The van der Waals surface area contributed by atoms with Crippen molar-refractivity contribution in [1.82, 2.24) is 20.4 Å². The van der Waals surface area contributed by atoms with E-state index in [0.29, 0.717) is 12.1 Å². The molecule has 0 radical (unpaired) electrons. The van der Waals surface area contributed by atoms with E-state index < -0.39 is 0 Å². The predicted octanol–water partition coefficient (Wildman–Crippen LogP) is 2.34. The van der Waals surface area contributed by atoms with E-state index in [1.807, 2.05) is 25.2 Å². The molecule has 28 heavy (non-hydrogen) atoms. The number of halogens is 1. The Hall–Kier alpha value is -1.35. The second kappa shape index (κ2) is 10.4. The number of rotatable bonds is 6. The van der Waals surface area contributed by atoms with Crippen molar-refractivity contribution in [3.8, 4) is 0 Å². The van der Waals surface area contributed by atoms with Crippen molar-refractivity contribution in [2.75, 3.05) is 34.2 Å². The molecule has 1 heterocycles. The summed E-state index contributed by atoms with van der Waals surface area (Å²) in [5.74, 6) is 0.906. The predicted molar refractivity (Wildman–Crippen MR) is 126 cm³/mol. The van der Waals surface area contributed by atoms with Crippen LogP contribution in [0.3, 0.4) is 0 Å². The normalized spacial score (nSPS) is 22.5. The monoisotopic (exact) mass is 499 g/mol. The van der Waals surface area contributed by atoms with Crippen LogP contribution < -0.4 is 10.6 Å². The minimum absolute atomic E-state index is 0. The standard InChI is InChI=1S/C21H33N5O.HI/c1-15-12-18(14-26(15)19-8-9-19)24-21(22-2)23-11-10-16-6-5-7-17(13-16)20(27)25(3)4;/h5-7,13,15,18-19H,8-12,14H2,1-4H3,(H2,22,23,24);1H. The van der Waals surface area contributed by atoms with Gasteiger partial charge in [-0.15, -0.1) is 24.0 Å². The van der Waals surface area contributed by atoms with Gasteiger partial charge in [0.1, 0.15) is 0 Å². The van der Waals surface area contributed by atoms with Gasteiger partial charge in [0, 0.05) is 57.9 Å². The summed E-state index contributed by atoms with van der Waals surface area (Å²) in [4.78, 5) is 20.7. The molecule has 2 fully saturated rings. The van der Waals surface area contributed by atoms with Gasteiger partial charge in [0.15, 0.2) is 5.96 Å². The van der Waals surface area contributed by atoms with Crippen LogP contribution in [0.2, 0.25) is 0 Å². The molecule has 6 nitrogen and oxygen atoms in total. The lowest BCUT2D eigenvalue weighted by Crippen LogP contribution is -2.45. The van der Waals surface area contributed by atoms with Gasteiger partial charge in [0.2, 0.25) is 0 Å². The van der Waals surface area contributed by atoms with Gasteiger partial charge in [-0.25, -0.2) is 0 Å². The number of carbonyl (C=O) groups excluding carboxylic acids is 1. The van der Waals surface area contributed by atoms with E-state index in [1.54, 1.807) is 19.0 Å². The third-order valence-corrected chi connectivity index (χ3v) is 5.49. The van der Waals surface area contributed by atoms with Gasteiger partial charge in [-0.3, -0.25) is 14.7 Å². The summed E-state index contributed by atoms with van der Waals surface area (Å²) in [7, 11) is 5.38. The van der Waals surface area contributed by atoms with Crippen LogP contribution >= 0.6 is 24.0 Å². The van der Waals surface area contributed by atoms with E-state index in [0.717, 1.165) is 42.6 Å². The first-order valence-electron chi connectivity index (χ1n) is 10.0. The van der Waals surface area contributed by atoms with E-state index in [-0.39, 0.29) is 29.9 Å². The van der Waals surface area contributed by atoms with E-state index in [2.05, 4.69) is 33.5 Å². The van der Waals surface area contributed by atoms with Gasteiger partial charge in [-0.05, 0) is 50.3 Å². The number of amides is 1. The van der Waals surface area contributed by atoms with Gasteiger partial charge >= 0.3 is 0 Å². The SMILES string of the molecule is CN=C(NCCc1cccc(C(=O)N(C)C)c1)NC1CC(C)N(C2CC2)C1.I. The molecule has 2 unspecified atom stereocenters. The Kier molecular flexibility index (Phi) is 8.55. The second-order valence-electron chi connectivity index (χ2n) is 8.00. The molecule has 0 aromatic heterocycles. The Morgan fingerprint density at radius 2 is 2.07 bits per heavy atom. The third kappa shape index (κ3) is 6.07. The highest BCUT2D eigenvalue weighted by atomic mass is 127. The van der Waals surface area contributed by atoms with Gasteiger partial charge in [-0.1, -0.05) is 12.1 Å². The number of aliphatic imine (C=N–C) groups is 1. The molecular weight excluding hydrogens is 465 g/mol.